The molecule has 1 aromatic heterocycles. The predicted octanol–water partition coefficient (Wildman–Crippen LogP) is 5.05. The SMILES string of the molecule is Cc1nn(Cc2ccccc2Cl)c(C)c1C=CC(=O)c1cccc(N2CCOC2=O)c1. The van der Waals surface area contributed by atoms with Gasteiger partial charge in [-0.15, -0.1) is 0 Å². The zero-order valence-corrected chi connectivity index (χ0v) is 18.1. The van der Waals surface area contributed by atoms with Crippen LogP contribution in [0.5, 0.6) is 0 Å². The van der Waals surface area contributed by atoms with Crippen LogP contribution in [-0.4, -0.2) is 34.8 Å². The van der Waals surface area contributed by atoms with E-state index in [9.17, 15) is 9.59 Å². The second-order valence-corrected chi connectivity index (χ2v) is 7.75. The minimum Gasteiger partial charge on any atom is -0.447 e. The Labute approximate surface area is 185 Å². The number of cyclic esters (lactones) is 1. The third kappa shape index (κ3) is 4.39. The number of nitrogens with zero attached hydrogens (tertiary/aromatic N) is 3. The van der Waals surface area contributed by atoms with Crippen molar-refractivity contribution in [2.24, 2.45) is 0 Å². The summed E-state index contributed by atoms with van der Waals surface area (Å²) in [5, 5.41) is 5.31. The normalized spacial score (nSPS) is 13.8. The maximum Gasteiger partial charge on any atom is 0.414 e. The first-order valence-corrected chi connectivity index (χ1v) is 10.4. The first-order chi connectivity index (χ1) is 14.9. The van der Waals surface area contributed by atoms with Crippen LogP contribution in [0.15, 0.2) is 54.6 Å². The lowest BCUT2D eigenvalue weighted by Gasteiger charge is -2.13. The number of ether oxygens (including phenoxy) is 1. The largest absolute Gasteiger partial charge is 0.447 e. The average molecular weight is 436 g/mol. The van der Waals surface area contributed by atoms with Gasteiger partial charge >= 0.3 is 6.09 Å². The van der Waals surface area contributed by atoms with E-state index in [0.29, 0.717) is 36.0 Å². The smallest absolute Gasteiger partial charge is 0.414 e. The van der Waals surface area contributed by atoms with Gasteiger partial charge in [-0.05, 0) is 49.8 Å². The second kappa shape index (κ2) is 8.78. The Morgan fingerprint density at radius 2 is 2.00 bits per heavy atom. The standard InChI is InChI=1S/C24H22ClN3O3/c1-16-21(17(2)28(26-16)15-19-6-3-4-9-22(19)25)10-11-23(29)18-7-5-8-20(14-18)27-12-13-31-24(27)30/h3-11,14H,12-13,15H2,1-2H3. The summed E-state index contributed by atoms with van der Waals surface area (Å²) in [6, 6.07) is 14.7. The van der Waals surface area contributed by atoms with Crippen molar-refractivity contribution in [2.75, 3.05) is 18.1 Å². The first-order valence-electron chi connectivity index (χ1n) is 9.98. The number of hydrogen-bond acceptors (Lipinski definition) is 4. The lowest BCUT2D eigenvalue weighted by molar-refractivity contribution is 0.104. The Morgan fingerprint density at radius 1 is 1.19 bits per heavy atom. The topological polar surface area (TPSA) is 64.4 Å². The van der Waals surface area contributed by atoms with Gasteiger partial charge in [-0.1, -0.05) is 41.9 Å². The number of amides is 1. The Balaban J connectivity index is 1.54. The van der Waals surface area contributed by atoms with Crippen molar-refractivity contribution < 1.29 is 14.3 Å². The number of halogens is 1. The van der Waals surface area contributed by atoms with Gasteiger partial charge in [0.1, 0.15) is 6.61 Å². The van der Waals surface area contributed by atoms with Crippen LogP contribution in [0.2, 0.25) is 5.02 Å². The van der Waals surface area contributed by atoms with Crippen molar-refractivity contribution in [2.45, 2.75) is 20.4 Å². The van der Waals surface area contributed by atoms with E-state index in [4.69, 9.17) is 16.3 Å². The van der Waals surface area contributed by atoms with Gasteiger partial charge in [0.2, 0.25) is 0 Å². The van der Waals surface area contributed by atoms with Gasteiger partial charge in [0.05, 0.1) is 18.8 Å². The van der Waals surface area contributed by atoms with Gasteiger partial charge in [0.15, 0.2) is 5.78 Å². The van der Waals surface area contributed by atoms with Crippen molar-refractivity contribution >= 4 is 35.2 Å². The highest BCUT2D eigenvalue weighted by Crippen LogP contribution is 2.22. The van der Waals surface area contributed by atoms with Crippen LogP contribution in [0.25, 0.3) is 6.08 Å². The summed E-state index contributed by atoms with van der Waals surface area (Å²) in [6.45, 7) is 5.28. The maximum absolute atomic E-state index is 12.8. The number of aromatic nitrogens is 2. The molecule has 2 heterocycles. The summed E-state index contributed by atoms with van der Waals surface area (Å²) in [6.07, 6.45) is 2.94. The summed E-state index contributed by atoms with van der Waals surface area (Å²) in [7, 11) is 0. The summed E-state index contributed by atoms with van der Waals surface area (Å²) in [5.74, 6) is -0.146. The quantitative estimate of drug-likeness (QED) is 0.401. The molecule has 1 saturated heterocycles. The average Bonchev–Trinajstić information content (AvgIpc) is 3.31. The maximum atomic E-state index is 12.8. The number of rotatable bonds is 6. The summed E-state index contributed by atoms with van der Waals surface area (Å²) < 4.78 is 6.86. The molecule has 2 aromatic carbocycles. The second-order valence-electron chi connectivity index (χ2n) is 7.35. The van der Waals surface area contributed by atoms with E-state index in [-0.39, 0.29) is 5.78 Å². The minimum absolute atomic E-state index is 0.146. The molecule has 1 aliphatic rings. The number of anilines is 1. The Bertz CT molecular complexity index is 1180. The highest BCUT2D eigenvalue weighted by molar-refractivity contribution is 6.31. The fraction of sp³-hybridized carbons (Fsp3) is 0.208. The monoisotopic (exact) mass is 435 g/mol. The fourth-order valence-corrected chi connectivity index (χ4v) is 3.80. The van der Waals surface area contributed by atoms with E-state index >= 15 is 0 Å². The van der Waals surface area contributed by atoms with Crippen LogP contribution in [0.4, 0.5) is 10.5 Å². The molecular weight excluding hydrogens is 414 g/mol. The van der Waals surface area contributed by atoms with E-state index in [0.717, 1.165) is 22.5 Å². The molecule has 1 amide bonds. The Kier molecular flexibility index (Phi) is 5.91. The molecule has 6 nitrogen and oxygen atoms in total. The summed E-state index contributed by atoms with van der Waals surface area (Å²) >= 11 is 6.28. The summed E-state index contributed by atoms with van der Waals surface area (Å²) in [5.41, 5.74) is 4.84. The number of carbonyl (C=O) groups is 2. The molecule has 0 radical (unpaired) electrons. The zero-order valence-electron chi connectivity index (χ0n) is 17.3. The molecule has 158 valence electrons. The first kappa shape index (κ1) is 20.9. The lowest BCUT2D eigenvalue weighted by atomic mass is 10.1. The van der Waals surface area contributed by atoms with Gasteiger partial charge in [0, 0.05) is 27.5 Å². The molecule has 1 aliphatic heterocycles. The minimum atomic E-state index is -0.391. The third-order valence-electron chi connectivity index (χ3n) is 5.32. The third-order valence-corrected chi connectivity index (χ3v) is 5.69. The van der Waals surface area contributed by atoms with E-state index in [1.165, 1.54) is 11.0 Å². The molecule has 0 N–H and O–H groups in total. The van der Waals surface area contributed by atoms with E-state index in [2.05, 4.69) is 5.10 Å². The van der Waals surface area contributed by atoms with Crippen LogP contribution in [0.1, 0.15) is 32.9 Å². The number of aryl methyl sites for hydroxylation is 1. The van der Waals surface area contributed by atoms with Crippen LogP contribution in [0, 0.1) is 13.8 Å². The lowest BCUT2D eigenvalue weighted by Crippen LogP contribution is -2.23. The fourth-order valence-electron chi connectivity index (χ4n) is 3.60. The molecule has 0 bridgehead atoms. The molecule has 0 spiro atoms. The molecule has 31 heavy (non-hydrogen) atoms. The van der Waals surface area contributed by atoms with Gasteiger partial charge < -0.3 is 4.74 Å². The van der Waals surface area contributed by atoms with Crippen LogP contribution in [0.3, 0.4) is 0 Å². The molecule has 0 atom stereocenters. The number of hydrogen-bond donors (Lipinski definition) is 0. The highest BCUT2D eigenvalue weighted by Gasteiger charge is 2.23. The van der Waals surface area contributed by atoms with Gasteiger partial charge in [-0.2, -0.15) is 5.10 Å². The van der Waals surface area contributed by atoms with Crippen molar-refractivity contribution in [3.05, 3.63) is 87.7 Å². The zero-order chi connectivity index (χ0) is 22.0. The molecule has 7 heteroatoms. The Hall–Kier alpha value is -3.38. The molecular formula is C24H22ClN3O3. The molecule has 0 saturated carbocycles. The van der Waals surface area contributed by atoms with Crippen LogP contribution in [-0.2, 0) is 11.3 Å². The van der Waals surface area contributed by atoms with Crippen LogP contribution >= 0.6 is 11.6 Å². The van der Waals surface area contributed by atoms with Crippen LogP contribution < -0.4 is 4.90 Å². The van der Waals surface area contributed by atoms with E-state index < -0.39 is 6.09 Å². The van der Waals surface area contributed by atoms with E-state index in [1.54, 1.807) is 30.3 Å². The highest BCUT2D eigenvalue weighted by atomic mass is 35.5. The molecule has 3 aromatic rings. The molecule has 0 aliphatic carbocycles. The predicted molar refractivity (Wildman–Crippen MR) is 121 cm³/mol. The van der Waals surface area contributed by atoms with Gasteiger partial charge in [-0.3, -0.25) is 14.4 Å². The Morgan fingerprint density at radius 3 is 2.74 bits per heavy atom. The van der Waals surface area contributed by atoms with E-state index in [1.807, 2.05) is 42.8 Å². The van der Waals surface area contributed by atoms with Gasteiger partial charge in [-0.25, -0.2) is 4.79 Å². The number of allylic oxidation sites excluding steroid dienone is 1. The molecule has 0 unspecified atom stereocenters. The van der Waals surface area contributed by atoms with Crippen molar-refractivity contribution in [1.82, 2.24) is 9.78 Å². The number of benzene rings is 2. The number of ketones is 1. The molecule has 4 rings (SSSR count). The number of carbonyl (C=O) groups excluding carboxylic acids is 2. The van der Waals surface area contributed by atoms with Gasteiger partial charge in [0.25, 0.3) is 0 Å². The summed E-state index contributed by atoms with van der Waals surface area (Å²) in [4.78, 5) is 26.1. The van der Waals surface area contributed by atoms with Crippen molar-refractivity contribution in [1.29, 1.82) is 0 Å². The van der Waals surface area contributed by atoms with Crippen molar-refractivity contribution in [3.8, 4) is 0 Å². The van der Waals surface area contributed by atoms with Crippen molar-refractivity contribution in [3.63, 3.8) is 0 Å². The molecule has 1 fully saturated rings.